The molecule has 7 nitrogen and oxygen atoms in total. The Morgan fingerprint density at radius 2 is 1.71 bits per heavy atom. The lowest BCUT2D eigenvalue weighted by molar-refractivity contribution is -0.206. The molecule has 0 N–H and O–H groups in total. The Hall–Kier alpha value is -2.18. The molecule has 0 aromatic carbocycles. The minimum Gasteiger partial charge on any atom is -0.463 e. The highest BCUT2D eigenvalue weighted by atomic mass is 16.6. The van der Waals surface area contributed by atoms with Crippen LogP contribution in [0.4, 0.5) is 0 Å². The Morgan fingerprint density at radius 3 is 2.21 bits per heavy atom. The van der Waals surface area contributed by atoms with Crippen LogP contribution in [0.15, 0.2) is 12.2 Å². The van der Waals surface area contributed by atoms with Crippen molar-refractivity contribution in [3.05, 3.63) is 12.2 Å². The number of esters is 3. The van der Waals surface area contributed by atoms with Crippen LogP contribution < -0.4 is 0 Å². The van der Waals surface area contributed by atoms with Gasteiger partial charge in [-0.1, -0.05) is 19.1 Å². The summed E-state index contributed by atoms with van der Waals surface area (Å²) in [6, 6.07) is 0. The van der Waals surface area contributed by atoms with Crippen molar-refractivity contribution in [3.8, 4) is 0 Å². The van der Waals surface area contributed by atoms with Crippen molar-refractivity contribution in [2.75, 3.05) is 13.2 Å². The van der Waals surface area contributed by atoms with E-state index in [1.807, 2.05) is 0 Å². The first-order valence-corrected chi connectivity index (χ1v) is 9.88. The molecule has 0 radical (unpaired) electrons. The van der Waals surface area contributed by atoms with Gasteiger partial charge in [0.25, 0.3) is 0 Å². The van der Waals surface area contributed by atoms with Crippen LogP contribution in [0.3, 0.4) is 0 Å². The summed E-state index contributed by atoms with van der Waals surface area (Å²) in [5.41, 5.74) is -1.57. The largest absolute Gasteiger partial charge is 0.463 e. The van der Waals surface area contributed by atoms with Gasteiger partial charge in [-0.05, 0) is 49.9 Å². The lowest BCUT2D eigenvalue weighted by atomic mass is 9.59. The molecule has 0 aliphatic heterocycles. The number of rotatable bonds is 6. The average Bonchev–Trinajstić information content (AvgIpc) is 3.37. The zero-order valence-electron chi connectivity index (χ0n) is 16.9. The standard InChI is InChI=1S/C21H28O7/c1-6-26-18(24)21(28-12(4)22,19(25)27-7-2)16-9-14-11(3)13-8-15(13)20(14,5)10-17(16)23/h13-16H,3,6-10H2,1-2,4-5H3/t13-,14+,15-,16?,20-/m1/s1. The molecule has 3 rings (SSSR count). The van der Waals surface area contributed by atoms with Gasteiger partial charge in [-0.15, -0.1) is 0 Å². The number of Topliss-reactive ketones (excluding diaryl/α,β-unsaturated/α-hetero) is 1. The SMILES string of the molecule is C=C1[C@H]2C[C@H]2[C@]2(C)CC(=O)C(C(OC(C)=O)(C(=O)OCC)C(=O)OCC)C[C@@H]12. The molecule has 3 fully saturated rings. The molecule has 0 bridgehead atoms. The van der Waals surface area contributed by atoms with Gasteiger partial charge in [0, 0.05) is 13.3 Å². The number of ether oxygens (including phenoxy) is 3. The smallest absolute Gasteiger partial charge is 0.363 e. The molecule has 3 aliphatic rings. The second-order valence-electron chi connectivity index (χ2n) is 8.28. The highest BCUT2D eigenvalue weighted by molar-refractivity contribution is 6.10. The van der Waals surface area contributed by atoms with Gasteiger partial charge in [0.15, 0.2) is 0 Å². The van der Waals surface area contributed by atoms with Crippen LogP contribution in [0.2, 0.25) is 0 Å². The fourth-order valence-electron chi connectivity index (χ4n) is 5.43. The van der Waals surface area contributed by atoms with E-state index in [1.165, 1.54) is 0 Å². The topological polar surface area (TPSA) is 96.0 Å². The predicted molar refractivity (Wildman–Crippen MR) is 97.8 cm³/mol. The van der Waals surface area contributed by atoms with Gasteiger partial charge in [-0.25, -0.2) is 9.59 Å². The van der Waals surface area contributed by atoms with Crippen molar-refractivity contribution in [2.24, 2.45) is 29.1 Å². The summed E-state index contributed by atoms with van der Waals surface area (Å²) in [6.07, 6.45) is 1.46. The number of allylic oxidation sites excluding steroid dienone is 1. The molecule has 1 unspecified atom stereocenters. The zero-order valence-corrected chi connectivity index (χ0v) is 16.9. The van der Waals surface area contributed by atoms with Gasteiger partial charge < -0.3 is 14.2 Å². The van der Waals surface area contributed by atoms with E-state index in [9.17, 15) is 19.2 Å². The summed E-state index contributed by atoms with van der Waals surface area (Å²) in [6.45, 7) is 10.5. The second-order valence-corrected chi connectivity index (χ2v) is 8.28. The summed E-state index contributed by atoms with van der Waals surface area (Å²) >= 11 is 0. The van der Waals surface area contributed by atoms with E-state index in [0.29, 0.717) is 11.8 Å². The molecule has 0 heterocycles. The number of hydrogen-bond donors (Lipinski definition) is 0. The first-order valence-electron chi connectivity index (χ1n) is 9.88. The maximum absolute atomic E-state index is 13.2. The molecule has 0 amide bonds. The van der Waals surface area contributed by atoms with Gasteiger partial charge in [0.05, 0.1) is 19.1 Å². The van der Waals surface area contributed by atoms with Gasteiger partial charge in [0.2, 0.25) is 0 Å². The van der Waals surface area contributed by atoms with E-state index >= 15 is 0 Å². The minimum absolute atomic E-state index is 0.0160. The molecule has 0 aromatic rings. The van der Waals surface area contributed by atoms with E-state index in [0.717, 1.165) is 18.9 Å². The normalized spacial score (nSPS) is 33.6. The molecule has 28 heavy (non-hydrogen) atoms. The molecule has 0 spiro atoms. The molecule has 3 saturated carbocycles. The Balaban J connectivity index is 2.04. The van der Waals surface area contributed by atoms with Gasteiger partial charge >= 0.3 is 23.5 Å². The average molecular weight is 392 g/mol. The van der Waals surface area contributed by atoms with Crippen molar-refractivity contribution in [3.63, 3.8) is 0 Å². The first kappa shape index (κ1) is 20.6. The quantitative estimate of drug-likeness (QED) is 0.296. The monoisotopic (exact) mass is 392 g/mol. The Kier molecular flexibility index (Phi) is 5.15. The number of fused-ring (bicyclic) bond motifs is 3. The fourth-order valence-corrected chi connectivity index (χ4v) is 5.43. The summed E-state index contributed by atoms with van der Waals surface area (Å²) in [7, 11) is 0. The molecule has 0 aromatic heterocycles. The van der Waals surface area contributed by atoms with Crippen LogP contribution in [0.1, 0.15) is 47.0 Å². The van der Waals surface area contributed by atoms with E-state index in [-0.39, 0.29) is 43.2 Å². The maximum atomic E-state index is 13.2. The molecule has 0 saturated heterocycles. The fraction of sp³-hybridized carbons (Fsp3) is 0.714. The van der Waals surface area contributed by atoms with Crippen LogP contribution in [0.25, 0.3) is 0 Å². The second kappa shape index (κ2) is 7.01. The van der Waals surface area contributed by atoms with Gasteiger partial charge in [-0.3, -0.25) is 9.59 Å². The third-order valence-electron chi connectivity index (χ3n) is 6.73. The number of ketones is 1. The van der Waals surface area contributed by atoms with Gasteiger partial charge in [0.1, 0.15) is 5.78 Å². The third kappa shape index (κ3) is 2.86. The summed E-state index contributed by atoms with van der Waals surface area (Å²) in [5, 5.41) is 0. The van der Waals surface area contributed by atoms with Crippen LogP contribution in [0.5, 0.6) is 0 Å². The summed E-state index contributed by atoms with van der Waals surface area (Å²) in [5.74, 6) is -3.59. The predicted octanol–water partition coefficient (Wildman–Crippen LogP) is 2.22. The minimum atomic E-state index is -2.41. The molecular formula is C21H28O7. The Bertz CT molecular complexity index is 721. The number of carbonyl (C=O) groups excluding carboxylic acids is 4. The van der Waals surface area contributed by atoms with Crippen LogP contribution in [0, 0.1) is 29.1 Å². The highest BCUT2D eigenvalue weighted by Crippen LogP contribution is 2.71. The van der Waals surface area contributed by atoms with Crippen molar-refractivity contribution in [1.29, 1.82) is 0 Å². The maximum Gasteiger partial charge on any atom is 0.363 e. The molecule has 3 aliphatic carbocycles. The van der Waals surface area contributed by atoms with E-state index < -0.39 is 29.4 Å². The first-order chi connectivity index (χ1) is 13.1. The van der Waals surface area contributed by atoms with Crippen molar-refractivity contribution in [1.82, 2.24) is 0 Å². The van der Waals surface area contributed by atoms with Crippen LogP contribution in [-0.2, 0) is 33.4 Å². The lowest BCUT2D eigenvalue weighted by Crippen LogP contribution is -2.62. The molecule has 7 heteroatoms. The third-order valence-corrected chi connectivity index (χ3v) is 6.73. The van der Waals surface area contributed by atoms with Crippen molar-refractivity contribution >= 4 is 23.7 Å². The Morgan fingerprint density at radius 1 is 1.14 bits per heavy atom. The van der Waals surface area contributed by atoms with E-state index in [4.69, 9.17) is 14.2 Å². The van der Waals surface area contributed by atoms with Crippen LogP contribution in [-0.4, -0.2) is 42.5 Å². The van der Waals surface area contributed by atoms with E-state index in [1.54, 1.807) is 13.8 Å². The Labute approximate surface area is 164 Å². The van der Waals surface area contributed by atoms with Gasteiger partial charge in [-0.2, -0.15) is 0 Å². The van der Waals surface area contributed by atoms with Crippen molar-refractivity contribution in [2.45, 2.75) is 52.6 Å². The molecular weight excluding hydrogens is 364 g/mol. The zero-order chi connectivity index (χ0) is 20.9. The molecule has 5 atom stereocenters. The van der Waals surface area contributed by atoms with E-state index in [2.05, 4.69) is 13.5 Å². The lowest BCUT2D eigenvalue weighted by Gasteiger charge is -2.45. The highest BCUT2D eigenvalue weighted by Gasteiger charge is 2.70. The summed E-state index contributed by atoms with van der Waals surface area (Å²) in [4.78, 5) is 50.9. The van der Waals surface area contributed by atoms with Crippen LogP contribution >= 0.6 is 0 Å². The van der Waals surface area contributed by atoms with Crippen molar-refractivity contribution < 1.29 is 33.4 Å². The number of carbonyl (C=O) groups is 4. The number of hydrogen-bond acceptors (Lipinski definition) is 7. The summed E-state index contributed by atoms with van der Waals surface area (Å²) < 4.78 is 15.5. The molecule has 154 valence electrons.